The van der Waals surface area contributed by atoms with Gasteiger partial charge < -0.3 is 5.32 Å². The normalized spacial score (nSPS) is 22.1. The molecule has 0 saturated carbocycles. The third-order valence-electron chi connectivity index (χ3n) is 3.01. The van der Waals surface area contributed by atoms with Crippen molar-refractivity contribution in [2.45, 2.75) is 24.9 Å². The van der Waals surface area contributed by atoms with Crippen LogP contribution in [0.1, 0.15) is 29.9 Å². The van der Waals surface area contributed by atoms with Crippen LogP contribution in [-0.2, 0) is 6.18 Å². The number of hydrogen-bond acceptors (Lipinski definition) is 1. The van der Waals surface area contributed by atoms with Crippen LogP contribution >= 0.6 is 0 Å². The van der Waals surface area contributed by atoms with E-state index in [1.54, 1.807) is 12.1 Å². The van der Waals surface area contributed by atoms with Gasteiger partial charge in [0.2, 0.25) is 0 Å². The van der Waals surface area contributed by atoms with Crippen molar-refractivity contribution in [1.82, 2.24) is 5.32 Å². The molecule has 0 aromatic heterocycles. The van der Waals surface area contributed by atoms with E-state index < -0.39 is 11.7 Å². The zero-order valence-electron chi connectivity index (χ0n) is 8.85. The van der Waals surface area contributed by atoms with E-state index in [0.29, 0.717) is 5.92 Å². The van der Waals surface area contributed by atoms with E-state index in [4.69, 9.17) is 0 Å². The molecule has 2 rings (SSSR count). The molecule has 1 N–H and O–H groups in total. The first-order valence-corrected chi connectivity index (χ1v) is 5.45. The minimum absolute atomic E-state index is 0.357. The molecule has 0 unspecified atom stereocenters. The van der Waals surface area contributed by atoms with Gasteiger partial charge in [0.1, 0.15) is 0 Å². The van der Waals surface area contributed by atoms with E-state index in [9.17, 15) is 13.2 Å². The first kappa shape index (κ1) is 11.5. The van der Waals surface area contributed by atoms with E-state index in [2.05, 4.69) is 5.32 Å². The monoisotopic (exact) mass is 229 g/mol. The van der Waals surface area contributed by atoms with Crippen molar-refractivity contribution in [1.29, 1.82) is 0 Å². The molecule has 1 aromatic rings. The molecule has 0 radical (unpaired) electrons. The van der Waals surface area contributed by atoms with Crippen LogP contribution < -0.4 is 5.32 Å². The Morgan fingerprint density at radius 3 is 2.31 bits per heavy atom. The topological polar surface area (TPSA) is 12.0 Å². The number of rotatable bonds is 1. The molecule has 16 heavy (non-hydrogen) atoms. The first-order valence-electron chi connectivity index (χ1n) is 5.45. The maximum atomic E-state index is 12.3. The maximum absolute atomic E-state index is 12.3. The van der Waals surface area contributed by atoms with Crippen molar-refractivity contribution >= 4 is 0 Å². The molecule has 1 aliphatic rings. The average Bonchev–Trinajstić information content (AvgIpc) is 2.29. The summed E-state index contributed by atoms with van der Waals surface area (Å²) in [4.78, 5) is 0. The van der Waals surface area contributed by atoms with Gasteiger partial charge >= 0.3 is 6.18 Å². The van der Waals surface area contributed by atoms with Gasteiger partial charge in [-0.1, -0.05) is 12.1 Å². The van der Waals surface area contributed by atoms with E-state index in [1.165, 1.54) is 12.1 Å². The van der Waals surface area contributed by atoms with Crippen molar-refractivity contribution in [3.63, 3.8) is 0 Å². The van der Waals surface area contributed by atoms with E-state index in [0.717, 1.165) is 31.5 Å². The fraction of sp³-hybridized carbons (Fsp3) is 0.500. The summed E-state index contributed by atoms with van der Waals surface area (Å²) in [6.07, 6.45) is -2.09. The summed E-state index contributed by atoms with van der Waals surface area (Å²) in [6.45, 7) is 1.88. The minimum Gasteiger partial charge on any atom is -0.316 e. The van der Waals surface area contributed by atoms with Gasteiger partial charge in [-0.3, -0.25) is 0 Å². The molecule has 0 aliphatic carbocycles. The number of benzene rings is 1. The number of alkyl halides is 3. The summed E-state index contributed by atoms with van der Waals surface area (Å²) in [5.41, 5.74) is 0.431. The zero-order chi connectivity index (χ0) is 11.6. The summed E-state index contributed by atoms with van der Waals surface area (Å²) >= 11 is 0. The van der Waals surface area contributed by atoms with Crippen LogP contribution in [0.4, 0.5) is 13.2 Å². The fourth-order valence-corrected chi connectivity index (χ4v) is 2.08. The Bertz CT molecular complexity index is 336. The zero-order valence-corrected chi connectivity index (χ0v) is 8.85. The van der Waals surface area contributed by atoms with E-state index in [1.807, 2.05) is 0 Å². The van der Waals surface area contributed by atoms with Gasteiger partial charge in [-0.25, -0.2) is 0 Å². The standard InChI is InChI=1S/C12H14F3N/c13-12(14,15)11-5-3-9(4-6-11)10-2-1-7-16-8-10/h3-6,10,16H,1-2,7-8H2/t10-/m1/s1. The molecule has 1 fully saturated rings. The highest BCUT2D eigenvalue weighted by molar-refractivity contribution is 5.27. The summed E-state index contributed by atoms with van der Waals surface area (Å²) in [5, 5.41) is 3.26. The van der Waals surface area contributed by atoms with Gasteiger partial charge in [-0.2, -0.15) is 13.2 Å². The number of piperidine rings is 1. The lowest BCUT2D eigenvalue weighted by Crippen LogP contribution is -2.28. The molecular weight excluding hydrogens is 215 g/mol. The van der Waals surface area contributed by atoms with Crippen molar-refractivity contribution in [2.24, 2.45) is 0 Å². The lowest BCUT2D eigenvalue weighted by molar-refractivity contribution is -0.137. The second-order valence-electron chi connectivity index (χ2n) is 4.16. The van der Waals surface area contributed by atoms with Gasteiger partial charge in [-0.05, 0) is 43.0 Å². The highest BCUT2D eigenvalue weighted by Crippen LogP contribution is 2.31. The highest BCUT2D eigenvalue weighted by Gasteiger charge is 2.30. The predicted octanol–water partition coefficient (Wildman–Crippen LogP) is 3.17. The third kappa shape index (κ3) is 2.55. The molecule has 0 spiro atoms. The predicted molar refractivity (Wildman–Crippen MR) is 56.3 cm³/mol. The Labute approximate surface area is 92.7 Å². The Kier molecular flexibility index (Phi) is 3.19. The Morgan fingerprint density at radius 2 is 1.81 bits per heavy atom. The quantitative estimate of drug-likeness (QED) is 0.780. The number of hydrogen-bond donors (Lipinski definition) is 1. The molecule has 1 aliphatic heterocycles. The van der Waals surface area contributed by atoms with E-state index >= 15 is 0 Å². The Hall–Kier alpha value is -1.03. The lowest BCUT2D eigenvalue weighted by Gasteiger charge is -2.23. The smallest absolute Gasteiger partial charge is 0.316 e. The Balaban J connectivity index is 2.12. The van der Waals surface area contributed by atoms with Crippen LogP contribution in [0, 0.1) is 0 Å². The molecular formula is C12H14F3N. The molecule has 1 atom stereocenters. The third-order valence-corrected chi connectivity index (χ3v) is 3.01. The first-order chi connectivity index (χ1) is 7.57. The SMILES string of the molecule is FC(F)(F)c1ccc([C@@H]2CCCNC2)cc1. The van der Waals surface area contributed by atoms with Crippen LogP contribution in [0.2, 0.25) is 0 Å². The van der Waals surface area contributed by atoms with Gasteiger partial charge in [0.15, 0.2) is 0 Å². The Morgan fingerprint density at radius 1 is 1.12 bits per heavy atom. The summed E-state index contributed by atoms with van der Waals surface area (Å²) < 4.78 is 37.0. The van der Waals surface area contributed by atoms with Crippen molar-refractivity contribution in [3.8, 4) is 0 Å². The molecule has 1 saturated heterocycles. The molecule has 1 nitrogen and oxygen atoms in total. The second-order valence-corrected chi connectivity index (χ2v) is 4.16. The van der Waals surface area contributed by atoms with Crippen LogP contribution in [-0.4, -0.2) is 13.1 Å². The van der Waals surface area contributed by atoms with Crippen molar-refractivity contribution in [3.05, 3.63) is 35.4 Å². The van der Waals surface area contributed by atoms with Crippen molar-refractivity contribution in [2.75, 3.05) is 13.1 Å². The summed E-state index contributed by atoms with van der Waals surface area (Å²) in [7, 11) is 0. The van der Waals surface area contributed by atoms with Crippen LogP contribution in [0.3, 0.4) is 0 Å². The molecule has 0 bridgehead atoms. The molecule has 1 heterocycles. The average molecular weight is 229 g/mol. The summed E-state index contributed by atoms with van der Waals surface area (Å²) in [6, 6.07) is 5.54. The van der Waals surface area contributed by atoms with E-state index in [-0.39, 0.29) is 0 Å². The van der Waals surface area contributed by atoms with Crippen LogP contribution in [0.25, 0.3) is 0 Å². The molecule has 1 aromatic carbocycles. The lowest BCUT2D eigenvalue weighted by atomic mass is 9.91. The molecule has 4 heteroatoms. The van der Waals surface area contributed by atoms with Crippen LogP contribution in [0.5, 0.6) is 0 Å². The number of nitrogens with one attached hydrogen (secondary N) is 1. The van der Waals surface area contributed by atoms with Crippen molar-refractivity contribution < 1.29 is 13.2 Å². The van der Waals surface area contributed by atoms with Gasteiger partial charge in [-0.15, -0.1) is 0 Å². The van der Waals surface area contributed by atoms with Gasteiger partial charge in [0.25, 0.3) is 0 Å². The largest absolute Gasteiger partial charge is 0.416 e. The number of halogens is 3. The van der Waals surface area contributed by atoms with Crippen LogP contribution in [0.15, 0.2) is 24.3 Å². The van der Waals surface area contributed by atoms with Gasteiger partial charge in [0.05, 0.1) is 5.56 Å². The molecule has 0 amide bonds. The molecule has 88 valence electrons. The summed E-state index contributed by atoms with van der Waals surface area (Å²) in [5.74, 6) is 0.357. The highest BCUT2D eigenvalue weighted by atomic mass is 19.4. The van der Waals surface area contributed by atoms with Gasteiger partial charge in [0, 0.05) is 6.54 Å². The maximum Gasteiger partial charge on any atom is 0.416 e. The second kappa shape index (κ2) is 4.45. The fourth-order valence-electron chi connectivity index (χ4n) is 2.08. The minimum atomic E-state index is -4.23.